The second kappa shape index (κ2) is 13.0. The van der Waals surface area contributed by atoms with E-state index in [1.165, 1.54) is 32.6 Å². The Morgan fingerprint density at radius 2 is 0.951 bits per heavy atom. The first-order valence-corrected chi connectivity index (χ1v) is 20.3. The Morgan fingerprint density at radius 3 is 1.74 bits per heavy atom. The molecule has 0 atom stereocenters. The van der Waals surface area contributed by atoms with Crippen LogP contribution in [-0.2, 0) is 0 Å². The minimum Gasteiger partial charge on any atom is -0.456 e. The zero-order valence-electron chi connectivity index (χ0n) is 32.5. The van der Waals surface area contributed by atoms with E-state index in [9.17, 15) is 0 Å². The molecule has 0 N–H and O–H groups in total. The summed E-state index contributed by atoms with van der Waals surface area (Å²) in [6.07, 6.45) is 1.75. The largest absolute Gasteiger partial charge is 0.456 e. The molecule has 5 aromatic heterocycles. The molecule has 0 saturated heterocycles. The Morgan fingerprint density at radius 1 is 0.361 bits per heavy atom. The summed E-state index contributed by atoms with van der Waals surface area (Å²) in [6.45, 7) is 0. The van der Waals surface area contributed by atoms with E-state index in [1.807, 2.05) is 66.7 Å². The summed E-state index contributed by atoms with van der Waals surface area (Å²) in [7, 11) is 0. The number of aromatic nitrogens is 5. The standard InChI is InChI=1S/C54H31N5O2/c1-2-11-37-34(10-1)26-29-43-48(37)38-12-3-6-16-42(38)59(43)36-27-24-33(25-28-36)32-20-22-35(23-21-32)52-56-53(41-15-9-19-46-49(41)39-13-4-7-17-44(39)60-46)58-54(57-52)51-50-40-14-5-8-18-45(40)61-47(50)30-31-55-51/h1-31H. The highest BCUT2D eigenvalue weighted by atomic mass is 16.3. The topological polar surface area (TPSA) is 82.8 Å². The average Bonchev–Trinajstić information content (AvgIpc) is 4.01. The first kappa shape index (κ1) is 33.5. The lowest BCUT2D eigenvalue weighted by molar-refractivity contribution is 0.668. The maximum absolute atomic E-state index is 6.28. The van der Waals surface area contributed by atoms with Gasteiger partial charge < -0.3 is 13.4 Å². The fourth-order valence-corrected chi connectivity index (χ4v) is 9.16. The molecule has 13 aromatic rings. The van der Waals surface area contributed by atoms with E-state index in [0.717, 1.165) is 71.8 Å². The van der Waals surface area contributed by atoms with E-state index < -0.39 is 0 Å². The van der Waals surface area contributed by atoms with E-state index in [4.69, 9.17) is 28.8 Å². The van der Waals surface area contributed by atoms with Crippen molar-refractivity contribution in [2.45, 2.75) is 0 Å². The molecule has 0 radical (unpaired) electrons. The molecule has 0 aliphatic carbocycles. The van der Waals surface area contributed by atoms with Gasteiger partial charge in [-0.3, -0.25) is 4.98 Å². The number of pyridine rings is 1. The van der Waals surface area contributed by atoms with Gasteiger partial charge in [0, 0.05) is 49.9 Å². The van der Waals surface area contributed by atoms with Crippen LogP contribution < -0.4 is 0 Å². The van der Waals surface area contributed by atoms with Crippen molar-refractivity contribution < 1.29 is 8.83 Å². The number of rotatable bonds is 5. The van der Waals surface area contributed by atoms with Crippen molar-refractivity contribution in [1.29, 1.82) is 0 Å². The van der Waals surface area contributed by atoms with Crippen LogP contribution in [0, 0.1) is 0 Å². The average molecular weight is 782 g/mol. The first-order chi connectivity index (χ1) is 30.2. The Labute approximate surface area is 347 Å². The van der Waals surface area contributed by atoms with Crippen LogP contribution in [0.15, 0.2) is 197 Å². The fourth-order valence-electron chi connectivity index (χ4n) is 9.16. The molecule has 0 unspecified atom stereocenters. The second-order valence-corrected chi connectivity index (χ2v) is 15.4. The van der Waals surface area contributed by atoms with Gasteiger partial charge in [0.15, 0.2) is 17.5 Å². The van der Waals surface area contributed by atoms with Crippen LogP contribution in [0.3, 0.4) is 0 Å². The van der Waals surface area contributed by atoms with Crippen molar-refractivity contribution in [3.8, 4) is 51.1 Å². The van der Waals surface area contributed by atoms with E-state index in [2.05, 4.69) is 120 Å². The summed E-state index contributed by atoms with van der Waals surface area (Å²) in [6, 6.07) is 63.0. The van der Waals surface area contributed by atoms with Gasteiger partial charge in [-0.2, -0.15) is 0 Å². The van der Waals surface area contributed by atoms with Crippen molar-refractivity contribution in [3.05, 3.63) is 188 Å². The van der Waals surface area contributed by atoms with Crippen molar-refractivity contribution in [1.82, 2.24) is 24.5 Å². The third-order valence-corrected chi connectivity index (χ3v) is 11.9. The minimum absolute atomic E-state index is 0.458. The number of fused-ring (bicyclic) bond motifs is 11. The number of benzene rings is 8. The van der Waals surface area contributed by atoms with Gasteiger partial charge in [-0.1, -0.05) is 133 Å². The van der Waals surface area contributed by atoms with Gasteiger partial charge in [0.05, 0.1) is 16.4 Å². The monoisotopic (exact) mass is 781 g/mol. The van der Waals surface area contributed by atoms with Crippen LogP contribution in [0.25, 0.3) is 128 Å². The number of hydrogen-bond donors (Lipinski definition) is 0. The van der Waals surface area contributed by atoms with E-state index in [0.29, 0.717) is 23.2 Å². The summed E-state index contributed by atoms with van der Waals surface area (Å²) in [4.78, 5) is 20.3. The molecule has 0 spiro atoms. The lowest BCUT2D eigenvalue weighted by Gasteiger charge is -2.11. The van der Waals surface area contributed by atoms with E-state index in [-0.39, 0.29) is 0 Å². The zero-order chi connectivity index (χ0) is 40.0. The Hall–Kier alpha value is -8.42. The summed E-state index contributed by atoms with van der Waals surface area (Å²) in [5.74, 6) is 1.53. The maximum atomic E-state index is 6.28. The molecule has 0 bridgehead atoms. The molecule has 61 heavy (non-hydrogen) atoms. The molecule has 7 nitrogen and oxygen atoms in total. The first-order valence-electron chi connectivity index (χ1n) is 20.3. The smallest absolute Gasteiger partial charge is 0.183 e. The van der Waals surface area contributed by atoms with Crippen LogP contribution in [0.4, 0.5) is 0 Å². The highest BCUT2D eigenvalue weighted by Crippen LogP contribution is 2.40. The summed E-state index contributed by atoms with van der Waals surface area (Å²) in [5.41, 5.74) is 11.1. The molecular formula is C54H31N5O2. The predicted molar refractivity (Wildman–Crippen MR) is 246 cm³/mol. The van der Waals surface area contributed by atoms with Gasteiger partial charge in [-0.15, -0.1) is 0 Å². The van der Waals surface area contributed by atoms with Crippen molar-refractivity contribution in [3.63, 3.8) is 0 Å². The van der Waals surface area contributed by atoms with Gasteiger partial charge >= 0.3 is 0 Å². The van der Waals surface area contributed by atoms with E-state index in [1.54, 1.807) is 6.20 Å². The molecule has 0 fully saturated rings. The van der Waals surface area contributed by atoms with Crippen LogP contribution in [-0.4, -0.2) is 24.5 Å². The minimum atomic E-state index is 0.458. The molecule has 0 saturated carbocycles. The maximum Gasteiger partial charge on any atom is 0.183 e. The number of nitrogens with zero attached hydrogens (tertiary/aromatic N) is 5. The third-order valence-electron chi connectivity index (χ3n) is 11.9. The quantitative estimate of drug-likeness (QED) is 0.173. The SMILES string of the molecule is c1ccc2c(c1)ccc1c2c2ccccc2n1-c1ccc(-c2ccc(-c3nc(-c4cccc5oc6ccccc6c45)nc(-c4nccc5oc6ccccc6c45)n3)cc2)cc1. The van der Waals surface area contributed by atoms with Gasteiger partial charge in [0.1, 0.15) is 28.0 Å². The molecular weight excluding hydrogens is 751 g/mol. The van der Waals surface area contributed by atoms with Crippen LogP contribution in [0.1, 0.15) is 0 Å². The van der Waals surface area contributed by atoms with Gasteiger partial charge in [0.25, 0.3) is 0 Å². The molecule has 5 heterocycles. The summed E-state index contributed by atoms with van der Waals surface area (Å²) < 4.78 is 14.9. The van der Waals surface area contributed by atoms with Gasteiger partial charge in [0.2, 0.25) is 0 Å². The van der Waals surface area contributed by atoms with E-state index >= 15 is 0 Å². The number of para-hydroxylation sites is 3. The molecule has 7 heteroatoms. The summed E-state index contributed by atoms with van der Waals surface area (Å²) >= 11 is 0. The van der Waals surface area contributed by atoms with Crippen LogP contribution in [0.5, 0.6) is 0 Å². The zero-order valence-corrected chi connectivity index (χ0v) is 32.5. The Kier molecular flexibility index (Phi) is 7.17. The molecule has 0 aliphatic rings. The lowest BCUT2D eigenvalue weighted by Crippen LogP contribution is -2.01. The molecule has 0 aliphatic heterocycles. The van der Waals surface area contributed by atoms with Crippen LogP contribution in [0.2, 0.25) is 0 Å². The highest BCUT2D eigenvalue weighted by Gasteiger charge is 2.21. The lowest BCUT2D eigenvalue weighted by atomic mass is 10.0. The molecule has 284 valence electrons. The molecule has 8 aromatic carbocycles. The van der Waals surface area contributed by atoms with Crippen molar-refractivity contribution in [2.75, 3.05) is 0 Å². The Bertz CT molecular complexity index is 3750. The normalized spacial score (nSPS) is 11.9. The highest BCUT2D eigenvalue weighted by molar-refractivity contribution is 6.21. The number of hydrogen-bond acceptors (Lipinski definition) is 6. The van der Waals surface area contributed by atoms with Gasteiger partial charge in [-0.25, -0.2) is 15.0 Å². The van der Waals surface area contributed by atoms with Crippen molar-refractivity contribution in [2.24, 2.45) is 0 Å². The number of furan rings is 2. The van der Waals surface area contributed by atoms with Crippen LogP contribution >= 0.6 is 0 Å². The molecule has 0 amide bonds. The third kappa shape index (κ3) is 5.17. The summed E-state index contributed by atoms with van der Waals surface area (Å²) in [5, 5.41) is 8.80. The second-order valence-electron chi connectivity index (χ2n) is 15.4. The molecule has 13 rings (SSSR count). The van der Waals surface area contributed by atoms with Gasteiger partial charge in [-0.05, 0) is 70.4 Å². The van der Waals surface area contributed by atoms with Crippen molar-refractivity contribution >= 4 is 76.5 Å². The Balaban J connectivity index is 0.929. The predicted octanol–water partition coefficient (Wildman–Crippen LogP) is 14.0. The fraction of sp³-hybridized carbons (Fsp3) is 0.